The maximum atomic E-state index is 6.82. The number of rotatable bonds is 7. The number of para-hydroxylation sites is 4. The summed E-state index contributed by atoms with van der Waals surface area (Å²) in [5, 5.41) is 0.739. The third kappa shape index (κ3) is 5.03. The van der Waals surface area contributed by atoms with Crippen LogP contribution in [0.2, 0.25) is 5.02 Å². The van der Waals surface area contributed by atoms with Gasteiger partial charge < -0.3 is 9.80 Å². The second-order valence-corrected chi connectivity index (χ2v) is 14.9. The van der Waals surface area contributed by atoms with Gasteiger partial charge in [-0.1, -0.05) is 139 Å². The van der Waals surface area contributed by atoms with Crippen LogP contribution in [0.25, 0.3) is 11.1 Å². The molecule has 1 unspecified atom stereocenters. The van der Waals surface area contributed by atoms with Crippen LogP contribution in [0, 0.1) is 0 Å². The third-order valence-electron chi connectivity index (χ3n) is 10.5. The average molecular weight is 717 g/mol. The van der Waals surface area contributed by atoms with E-state index < -0.39 is 5.41 Å². The molecule has 0 saturated heterocycles. The van der Waals surface area contributed by atoms with Crippen LogP contribution < -0.4 is 9.80 Å². The number of nitrogens with zero attached hydrogens (tertiary/aromatic N) is 2. The predicted octanol–water partition coefficient (Wildman–Crippen LogP) is 14.1. The molecule has 8 aromatic rings. The van der Waals surface area contributed by atoms with Crippen LogP contribution in [-0.2, 0) is 5.41 Å². The Morgan fingerprint density at radius 1 is 0.415 bits per heavy atom. The standard InChI is InChI=1S/C49H33ClN2S/c50-35-27-31-43-42(33-35)41-30-32-45(52(38-19-9-3-10-20-38)39-21-11-4-12-22-39)48-47(41)49(43,44-23-13-14-24-46(44)53-48)34-25-28-40(29-26-34)51(36-15-5-1-6-16-36)37-17-7-2-8-18-37/h1-33H. The number of hydrogen-bond donors (Lipinski definition) is 0. The Morgan fingerprint density at radius 3 is 1.51 bits per heavy atom. The van der Waals surface area contributed by atoms with E-state index in [1.54, 1.807) is 0 Å². The first kappa shape index (κ1) is 31.7. The minimum atomic E-state index is -0.565. The average Bonchev–Trinajstić information content (AvgIpc) is 3.52. The van der Waals surface area contributed by atoms with Crippen LogP contribution >= 0.6 is 23.4 Å². The van der Waals surface area contributed by atoms with Crippen LogP contribution in [0.15, 0.2) is 210 Å². The SMILES string of the molecule is Clc1ccc2c(c1)-c1ccc(N(c3ccccc3)c3ccccc3)c3c1C2(c1ccc(N(c2ccccc2)c2ccccc2)cc1)c1ccccc1S3. The highest BCUT2D eigenvalue weighted by Gasteiger charge is 2.52. The Morgan fingerprint density at radius 2 is 0.925 bits per heavy atom. The van der Waals surface area contributed by atoms with Gasteiger partial charge in [-0.25, -0.2) is 0 Å². The summed E-state index contributed by atoms with van der Waals surface area (Å²) in [6.45, 7) is 0. The van der Waals surface area contributed by atoms with Gasteiger partial charge in [-0.05, 0) is 118 Å². The number of benzene rings is 8. The van der Waals surface area contributed by atoms with Crippen molar-refractivity contribution in [3.8, 4) is 11.1 Å². The Hall–Kier alpha value is -6.00. The summed E-state index contributed by atoms with van der Waals surface area (Å²) >= 11 is 8.70. The highest BCUT2D eigenvalue weighted by Crippen LogP contribution is 2.66. The van der Waals surface area contributed by atoms with Gasteiger partial charge in [-0.15, -0.1) is 0 Å². The van der Waals surface area contributed by atoms with E-state index in [4.69, 9.17) is 11.6 Å². The van der Waals surface area contributed by atoms with E-state index in [-0.39, 0.29) is 0 Å². The van der Waals surface area contributed by atoms with Gasteiger partial charge in [0.15, 0.2) is 0 Å². The predicted molar refractivity (Wildman–Crippen MR) is 222 cm³/mol. The summed E-state index contributed by atoms with van der Waals surface area (Å²) in [6, 6.07) is 71.9. The molecule has 10 rings (SSSR count). The molecule has 0 N–H and O–H groups in total. The zero-order valence-electron chi connectivity index (χ0n) is 28.7. The maximum Gasteiger partial charge on any atom is 0.0736 e. The highest BCUT2D eigenvalue weighted by atomic mass is 35.5. The molecule has 1 heterocycles. The van der Waals surface area contributed by atoms with Crippen molar-refractivity contribution in [2.24, 2.45) is 0 Å². The zero-order valence-corrected chi connectivity index (χ0v) is 30.3. The molecule has 0 saturated carbocycles. The van der Waals surface area contributed by atoms with Crippen LogP contribution in [-0.4, -0.2) is 0 Å². The molecule has 0 aromatic heterocycles. The van der Waals surface area contributed by atoms with Gasteiger partial charge in [0.2, 0.25) is 0 Å². The molecule has 8 aromatic carbocycles. The summed E-state index contributed by atoms with van der Waals surface area (Å²) in [5.41, 5.74) is 13.6. The van der Waals surface area contributed by atoms with Gasteiger partial charge in [0.1, 0.15) is 0 Å². The lowest BCUT2D eigenvalue weighted by Crippen LogP contribution is -2.32. The number of anilines is 6. The first-order chi connectivity index (χ1) is 26.2. The Labute approximate surface area is 319 Å². The molecule has 1 aliphatic carbocycles. The van der Waals surface area contributed by atoms with Gasteiger partial charge in [-0.2, -0.15) is 0 Å². The Kier molecular flexibility index (Phi) is 7.71. The molecule has 1 aliphatic heterocycles. The van der Waals surface area contributed by atoms with Gasteiger partial charge in [-0.3, -0.25) is 0 Å². The summed E-state index contributed by atoms with van der Waals surface area (Å²) in [4.78, 5) is 7.23. The lowest BCUT2D eigenvalue weighted by Gasteiger charge is -2.41. The molecular formula is C49H33ClN2S. The van der Waals surface area contributed by atoms with Crippen molar-refractivity contribution in [2.45, 2.75) is 15.2 Å². The van der Waals surface area contributed by atoms with E-state index in [0.717, 1.165) is 39.1 Å². The minimum absolute atomic E-state index is 0.565. The molecule has 1 atom stereocenters. The van der Waals surface area contributed by atoms with Crippen LogP contribution in [0.5, 0.6) is 0 Å². The molecule has 4 heteroatoms. The summed E-state index contributed by atoms with van der Waals surface area (Å²) in [7, 11) is 0. The largest absolute Gasteiger partial charge is 0.311 e. The summed E-state index contributed by atoms with van der Waals surface area (Å²) in [6.07, 6.45) is 0. The van der Waals surface area contributed by atoms with E-state index >= 15 is 0 Å². The van der Waals surface area contributed by atoms with Crippen LogP contribution in [0.1, 0.15) is 22.3 Å². The monoisotopic (exact) mass is 716 g/mol. The fourth-order valence-electron chi connectivity index (χ4n) is 8.40. The van der Waals surface area contributed by atoms with Crippen molar-refractivity contribution in [1.82, 2.24) is 0 Å². The molecule has 252 valence electrons. The maximum absolute atomic E-state index is 6.82. The third-order valence-corrected chi connectivity index (χ3v) is 12.0. The second-order valence-electron chi connectivity index (χ2n) is 13.4. The van der Waals surface area contributed by atoms with E-state index in [1.807, 2.05) is 11.8 Å². The first-order valence-corrected chi connectivity index (χ1v) is 19.1. The zero-order chi connectivity index (χ0) is 35.4. The van der Waals surface area contributed by atoms with Gasteiger partial charge in [0.25, 0.3) is 0 Å². The van der Waals surface area contributed by atoms with E-state index in [0.29, 0.717) is 0 Å². The van der Waals surface area contributed by atoms with Crippen molar-refractivity contribution >= 4 is 57.5 Å². The van der Waals surface area contributed by atoms with Gasteiger partial charge >= 0.3 is 0 Å². The van der Waals surface area contributed by atoms with Crippen molar-refractivity contribution in [3.63, 3.8) is 0 Å². The molecular weight excluding hydrogens is 684 g/mol. The lowest BCUT2D eigenvalue weighted by molar-refractivity contribution is 0.724. The van der Waals surface area contributed by atoms with E-state index in [2.05, 4.69) is 210 Å². The highest BCUT2D eigenvalue weighted by molar-refractivity contribution is 7.99. The number of fused-ring (bicyclic) bond motifs is 5. The van der Waals surface area contributed by atoms with Crippen LogP contribution in [0.3, 0.4) is 0 Å². The second kappa shape index (κ2) is 12.9. The van der Waals surface area contributed by atoms with Gasteiger partial charge in [0, 0.05) is 43.3 Å². The van der Waals surface area contributed by atoms with Crippen LogP contribution in [0.4, 0.5) is 34.1 Å². The molecule has 0 amide bonds. The fraction of sp³-hybridized carbons (Fsp3) is 0.0204. The molecule has 0 radical (unpaired) electrons. The quantitative estimate of drug-likeness (QED) is 0.162. The molecule has 0 bridgehead atoms. The normalized spacial score (nSPS) is 14.9. The smallest absolute Gasteiger partial charge is 0.0736 e. The van der Waals surface area contributed by atoms with Crippen molar-refractivity contribution in [1.29, 1.82) is 0 Å². The first-order valence-electron chi connectivity index (χ1n) is 17.9. The molecule has 0 fully saturated rings. The number of hydrogen-bond acceptors (Lipinski definition) is 3. The summed E-state index contributed by atoms with van der Waals surface area (Å²) < 4.78 is 0. The Bertz CT molecular complexity index is 2510. The topological polar surface area (TPSA) is 6.48 Å². The minimum Gasteiger partial charge on any atom is -0.311 e. The van der Waals surface area contributed by atoms with Crippen molar-refractivity contribution in [3.05, 3.63) is 227 Å². The Balaban J connectivity index is 1.24. The van der Waals surface area contributed by atoms with E-state index in [9.17, 15) is 0 Å². The number of halogens is 1. The lowest BCUT2D eigenvalue weighted by atomic mass is 9.67. The molecule has 53 heavy (non-hydrogen) atoms. The molecule has 2 nitrogen and oxygen atoms in total. The fourth-order valence-corrected chi connectivity index (χ4v) is 9.90. The van der Waals surface area contributed by atoms with Gasteiger partial charge in [0.05, 0.1) is 11.1 Å². The molecule has 2 aliphatic rings. The van der Waals surface area contributed by atoms with E-state index in [1.165, 1.54) is 43.2 Å². The molecule has 0 spiro atoms. The van der Waals surface area contributed by atoms with Crippen molar-refractivity contribution in [2.75, 3.05) is 9.80 Å². The van der Waals surface area contributed by atoms with Crippen molar-refractivity contribution < 1.29 is 0 Å². The summed E-state index contributed by atoms with van der Waals surface area (Å²) in [5.74, 6) is 0.